The highest BCUT2D eigenvalue weighted by Gasteiger charge is 2.37. The fourth-order valence-corrected chi connectivity index (χ4v) is 5.34. The lowest BCUT2D eigenvalue weighted by molar-refractivity contribution is 0.0982. The maximum absolute atomic E-state index is 12.8. The molecule has 11 nitrogen and oxygen atoms in total. The standard InChI is InChI=1S/C24H29ClN10O/c1-5-16-13-34(23-22-19(31(4)24(36)28-23)14-32(30-22)10-9-26)17(6-2)12-33(16)15(3)18-7-8-21-27-11-20(25)35(21)29-18/h7-8,11,14-17H,5-6,10,12-13H2,1-4H3/t15-,16+,17-/m0/s1. The number of fused-ring (bicyclic) bond motifs is 2. The van der Waals surface area contributed by atoms with Gasteiger partial charge in [-0.3, -0.25) is 14.1 Å². The average molecular weight is 509 g/mol. The summed E-state index contributed by atoms with van der Waals surface area (Å²) in [5.41, 5.74) is 2.63. The molecule has 1 fully saturated rings. The molecule has 0 N–H and O–H groups in total. The number of aryl methyl sites for hydroxylation is 1. The fourth-order valence-electron chi connectivity index (χ4n) is 5.16. The van der Waals surface area contributed by atoms with Crippen molar-refractivity contribution in [2.45, 2.75) is 58.3 Å². The first-order chi connectivity index (χ1) is 17.4. The van der Waals surface area contributed by atoms with Crippen LogP contribution in [0.15, 0.2) is 29.3 Å². The molecule has 0 saturated carbocycles. The van der Waals surface area contributed by atoms with Gasteiger partial charge in [-0.2, -0.15) is 20.4 Å². The number of aromatic nitrogens is 7. The summed E-state index contributed by atoms with van der Waals surface area (Å²) in [6.45, 7) is 8.09. The lowest BCUT2D eigenvalue weighted by Gasteiger charge is -2.48. The van der Waals surface area contributed by atoms with Gasteiger partial charge >= 0.3 is 5.69 Å². The van der Waals surface area contributed by atoms with Crippen molar-refractivity contribution in [2.24, 2.45) is 7.05 Å². The summed E-state index contributed by atoms with van der Waals surface area (Å²) in [6, 6.07) is 6.46. The Labute approximate surface area is 213 Å². The number of hydrogen-bond donors (Lipinski definition) is 0. The van der Waals surface area contributed by atoms with Crippen LogP contribution >= 0.6 is 11.6 Å². The van der Waals surface area contributed by atoms with Crippen LogP contribution in [-0.4, -0.2) is 64.0 Å². The summed E-state index contributed by atoms with van der Waals surface area (Å²) < 4.78 is 4.72. The molecule has 12 heteroatoms. The maximum atomic E-state index is 12.8. The molecule has 3 atom stereocenters. The molecule has 5 rings (SSSR count). The Balaban J connectivity index is 1.51. The van der Waals surface area contributed by atoms with Crippen molar-refractivity contribution >= 4 is 34.1 Å². The molecule has 4 aromatic rings. The molecule has 36 heavy (non-hydrogen) atoms. The molecule has 1 aliphatic rings. The van der Waals surface area contributed by atoms with Crippen LogP contribution in [0.3, 0.4) is 0 Å². The fraction of sp³-hybridized carbons (Fsp3) is 0.500. The zero-order valence-electron chi connectivity index (χ0n) is 20.8. The van der Waals surface area contributed by atoms with Crippen molar-refractivity contribution in [1.82, 2.24) is 38.8 Å². The second-order valence-electron chi connectivity index (χ2n) is 9.25. The second kappa shape index (κ2) is 9.52. The molecular weight excluding hydrogens is 480 g/mol. The van der Waals surface area contributed by atoms with Crippen LogP contribution in [0.2, 0.25) is 5.15 Å². The zero-order valence-corrected chi connectivity index (χ0v) is 21.6. The molecule has 4 aromatic heterocycles. The third-order valence-electron chi connectivity index (χ3n) is 7.26. The van der Waals surface area contributed by atoms with E-state index in [1.54, 1.807) is 28.6 Å². The molecule has 0 aromatic carbocycles. The van der Waals surface area contributed by atoms with Gasteiger partial charge in [-0.05, 0) is 31.9 Å². The molecule has 0 radical (unpaired) electrons. The largest absolute Gasteiger partial charge is 0.349 e. The van der Waals surface area contributed by atoms with E-state index in [1.165, 1.54) is 4.57 Å². The van der Waals surface area contributed by atoms with E-state index in [2.05, 4.69) is 51.7 Å². The molecule has 188 valence electrons. The van der Waals surface area contributed by atoms with Crippen LogP contribution in [0.25, 0.3) is 16.7 Å². The van der Waals surface area contributed by atoms with Gasteiger partial charge < -0.3 is 4.90 Å². The second-order valence-corrected chi connectivity index (χ2v) is 9.64. The Morgan fingerprint density at radius 3 is 2.69 bits per heavy atom. The molecular formula is C24H29ClN10O. The molecule has 0 amide bonds. The van der Waals surface area contributed by atoms with E-state index in [9.17, 15) is 4.79 Å². The summed E-state index contributed by atoms with van der Waals surface area (Å²) in [6.07, 6.45) is 5.14. The van der Waals surface area contributed by atoms with Crippen molar-refractivity contribution in [3.63, 3.8) is 0 Å². The van der Waals surface area contributed by atoms with Gasteiger partial charge in [0.2, 0.25) is 0 Å². The predicted octanol–water partition coefficient (Wildman–Crippen LogP) is 2.79. The number of anilines is 1. The van der Waals surface area contributed by atoms with Crippen LogP contribution in [0.5, 0.6) is 0 Å². The Morgan fingerprint density at radius 2 is 1.97 bits per heavy atom. The maximum Gasteiger partial charge on any atom is 0.349 e. The first-order valence-electron chi connectivity index (χ1n) is 12.2. The SMILES string of the molecule is CC[C@H]1CN([C@@H](C)c2ccc3ncc(Cl)n3n2)[C@H](CC)CN1c1nc(=O)n(C)c2cn(CC#N)nc12. The molecule has 0 spiro atoms. The highest BCUT2D eigenvalue weighted by atomic mass is 35.5. The molecule has 0 unspecified atom stereocenters. The normalized spacial score (nSPS) is 19.7. The van der Waals surface area contributed by atoms with E-state index in [-0.39, 0.29) is 30.4 Å². The number of hydrogen-bond acceptors (Lipinski definition) is 8. The van der Waals surface area contributed by atoms with Crippen LogP contribution < -0.4 is 10.6 Å². The van der Waals surface area contributed by atoms with E-state index >= 15 is 0 Å². The van der Waals surface area contributed by atoms with Gasteiger partial charge in [-0.25, -0.2) is 14.3 Å². The minimum atomic E-state index is -0.331. The van der Waals surface area contributed by atoms with E-state index in [0.717, 1.165) is 30.7 Å². The highest BCUT2D eigenvalue weighted by molar-refractivity contribution is 6.29. The van der Waals surface area contributed by atoms with Crippen molar-refractivity contribution in [3.8, 4) is 6.07 Å². The van der Waals surface area contributed by atoms with E-state index in [4.69, 9.17) is 22.0 Å². The quantitative estimate of drug-likeness (QED) is 0.390. The Kier molecular flexibility index (Phi) is 6.40. The van der Waals surface area contributed by atoms with Crippen molar-refractivity contribution < 1.29 is 0 Å². The predicted molar refractivity (Wildman–Crippen MR) is 137 cm³/mol. The smallest absolute Gasteiger partial charge is 0.349 e. The third kappa shape index (κ3) is 4.00. The Hall–Kier alpha value is -3.49. The number of nitrogens with zero attached hydrogens (tertiary/aromatic N) is 10. The van der Waals surface area contributed by atoms with Crippen LogP contribution in [0.1, 0.15) is 45.3 Å². The summed E-state index contributed by atoms with van der Waals surface area (Å²) in [4.78, 5) is 26.2. The summed E-state index contributed by atoms with van der Waals surface area (Å²) >= 11 is 6.27. The zero-order chi connectivity index (χ0) is 25.6. The molecule has 0 bridgehead atoms. The Bertz CT molecular complexity index is 1520. The number of piperazine rings is 1. The van der Waals surface area contributed by atoms with Gasteiger partial charge in [0.05, 0.1) is 35.7 Å². The van der Waals surface area contributed by atoms with Gasteiger partial charge in [-0.15, -0.1) is 0 Å². The van der Waals surface area contributed by atoms with E-state index < -0.39 is 0 Å². The van der Waals surface area contributed by atoms with E-state index in [1.807, 2.05) is 12.1 Å². The summed E-state index contributed by atoms with van der Waals surface area (Å²) in [5.74, 6) is 0.590. The number of imidazole rings is 1. The monoisotopic (exact) mass is 508 g/mol. The molecule has 0 aliphatic carbocycles. The van der Waals surface area contributed by atoms with Crippen molar-refractivity contribution in [1.29, 1.82) is 5.26 Å². The first kappa shape index (κ1) is 24.2. The van der Waals surface area contributed by atoms with Crippen LogP contribution in [-0.2, 0) is 13.6 Å². The van der Waals surface area contributed by atoms with E-state index in [0.29, 0.717) is 28.5 Å². The third-order valence-corrected chi connectivity index (χ3v) is 7.51. The number of halogens is 1. The van der Waals surface area contributed by atoms with Gasteiger partial charge in [-0.1, -0.05) is 25.4 Å². The number of rotatable bonds is 6. The van der Waals surface area contributed by atoms with Crippen LogP contribution in [0.4, 0.5) is 5.82 Å². The summed E-state index contributed by atoms with van der Waals surface area (Å²) in [7, 11) is 1.68. The molecule has 1 saturated heterocycles. The lowest BCUT2D eigenvalue weighted by atomic mass is 9.99. The summed E-state index contributed by atoms with van der Waals surface area (Å²) in [5, 5.41) is 19.0. The van der Waals surface area contributed by atoms with Gasteiger partial charge in [0.1, 0.15) is 6.54 Å². The van der Waals surface area contributed by atoms with Crippen molar-refractivity contribution in [2.75, 3.05) is 18.0 Å². The average Bonchev–Trinajstić information content (AvgIpc) is 3.48. The minimum Gasteiger partial charge on any atom is -0.349 e. The van der Waals surface area contributed by atoms with Crippen LogP contribution in [0, 0.1) is 11.3 Å². The highest BCUT2D eigenvalue weighted by Crippen LogP contribution is 2.33. The molecule has 5 heterocycles. The topological polar surface area (TPSA) is 113 Å². The lowest BCUT2D eigenvalue weighted by Crippen LogP contribution is -2.59. The first-order valence-corrected chi connectivity index (χ1v) is 12.6. The van der Waals surface area contributed by atoms with Gasteiger partial charge in [0, 0.05) is 32.2 Å². The number of nitriles is 1. The van der Waals surface area contributed by atoms with Crippen molar-refractivity contribution in [3.05, 3.63) is 45.9 Å². The minimum absolute atomic E-state index is 0.0560. The van der Waals surface area contributed by atoms with Gasteiger partial charge in [0.15, 0.2) is 22.1 Å². The molecule has 1 aliphatic heterocycles. The Morgan fingerprint density at radius 1 is 1.19 bits per heavy atom. The van der Waals surface area contributed by atoms with Gasteiger partial charge in [0.25, 0.3) is 0 Å².